The van der Waals surface area contributed by atoms with Gasteiger partial charge in [0.15, 0.2) is 0 Å². The molecule has 0 spiro atoms. The van der Waals surface area contributed by atoms with Gasteiger partial charge in [0, 0.05) is 38.6 Å². The molecule has 0 fully saturated rings. The predicted octanol–water partition coefficient (Wildman–Crippen LogP) is -6.45. The summed E-state index contributed by atoms with van der Waals surface area (Å²) in [6.45, 7) is 0.0111. The van der Waals surface area contributed by atoms with Gasteiger partial charge in [0.25, 0.3) is 0 Å². The zero-order valence-corrected chi connectivity index (χ0v) is 33.0. The SMILES string of the molecule is CN(CCO)c1nc(N)nc(Nc2ccc(/C=C/c3ccc(Nc4nc(N)nc(N(C)CCO)n4)cc3S(=O)(=O)[O-])c(S(=O)(=O)[O-])c2)n1.[Na+].[Na+]. The van der Waals surface area contributed by atoms with Crippen LogP contribution < -0.4 is 91.0 Å². The fraction of sp³-hybridized carbons (Fsp3) is 0.231. The van der Waals surface area contributed by atoms with Crippen LogP contribution in [0.15, 0.2) is 46.2 Å². The van der Waals surface area contributed by atoms with Gasteiger partial charge in [0.05, 0.1) is 23.0 Å². The molecule has 50 heavy (non-hydrogen) atoms. The smallest absolute Gasteiger partial charge is 0.744 e. The maximum absolute atomic E-state index is 12.2. The monoisotopic (exact) mass is 748 g/mol. The largest absolute Gasteiger partial charge is 1.00 e. The van der Waals surface area contributed by atoms with E-state index < -0.39 is 30.0 Å². The van der Waals surface area contributed by atoms with Crippen LogP contribution in [-0.2, 0) is 20.2 Å². The zero-order chi connectivity index (χ0) is 35.2. The Morgan fingerprint density at radius 2 is 1.04 bits per heavy atom. The molecule has 256 valence electrons. The zero-order valence-electron chi connectivity index (χ0n) is 27.3. The van der Waals surface area contributed by atoms with Gasteiger partial charge in [0.1, 0.15) is 20.2 Å². The minimum atomic E-state index is -5.08. The second-order valence-electron chi connectivity index (χ2n) is 9.92. The number of aliphatic hydroxyl groups is 2. The van der Waals surface area contributed by atoms with Gasteiger partial charge in [-0.3, -0.25) is 0 Å². The molecule has 0 saturated heterocycles. The number of likely N-dealkylation sites (N-methyl/N-ethyl adjacent to an activating group) is 2. The average molecular weight is 749 g/mol. The van der Waals surface area contributed by atoms with Gasteiger partial charge >= 0.3 is 59.1 Å². The number of hydrogen-bond donors (Lipinski definition) is 6. The van der Waals surface area contributed by atoms with E-state index in [0.29, 0.717) is 0 Å². The normalized spacial score (nSPS) is 11.4. The summed E-state index contributed by atoms with van der Waals surface area (Å²) in [6.07, 6.45) is 2.31. The summed E-state index contributed by atoms with van der Waals surface area (Å²) in [4.78, 5) is 25.8. The molecule has 0 radical (unpaired) electrons. The fourth-order valence-corrected chi connectivity index (χ4v) is 5.48. The minimum Gasteiger partial charge on any atom is -0.744 e. The van der Waals surface area contributed by atoms with Crippen LogP contribution in [0.4, 0.5) is 47.1 Å². The van der Waals surface area contributed by atoms with Gasteiger partial charge in [-0.2, -0.15) is 29.9 Å². The number of nitrogen functional groups attached to an aromatic ring is 2. The summed E-state index contributed by atoms with van der Waals surface area (Å²) in [5.41, 5.74) is 11.4. The number of nitrogens with zero attached hydrogens (tertiary/aromatic N) is 8. The number of hydrogen-bond acceptors (Lipinski definition) is 20. The van der Waals surface area contributed by atoms with Crippen LogP contribution in [0.3, 0.4) is 0 Å². The average Bonchev–Trinajstić information content (AvgIpc) is 2.99. The van der Waals surface area contributed by atoms with E-state index in [1.807, 2.05) is 0 Å². The van der Waals surface area contributed by atoms with Crippen molar-refractivity contribution in [2.45, 2.75) is 9.79 Å². The molecule has 0 atom stereocenters. The van der Waals surface area contributed by atoms with Crippen LogP contribution in [-0.4, -0.2) is 106 Å². The summed E-state index contributed by atoms with van der Waals surface area (Å²) in [7, 11) is -6.95. The first-order valence-corrected chi connectivity index (χ1v) is 16.5. The molecule has 20 nitrogen and oxygen atoms in total. The van der Waals surface area contributed by atoms with Gasteiger partial charge in [0.2, 0.25) is 35.7 Å². The number of benzene rings is 2. The van der Waals surface area contributed by atoms with Crippen LogP contribution in [0.5, 0.6) is 0 Å². The van der Waals surface area contributed by atoms with E-state index in [4.69, 9.17) is 11.5 Å². The Hall–Kier alpha value is -3.26. The van der Waals surface area contributed by atoms with Gasteiger partial charge < -0.3 is 51.2 Å². The third-order valence-electron chi connectivity index (χ3n) is 6.36. The third-order valence-corrected chi connectivity index (χ3v) is 8.14. The Morgan fingerprint density at radius 3 is 1.36 bits per heavy atom. The third kappa shape index (κ3) is 11.6. The molecule has 0 aliphatic carbocycles. The molecule has 0 aliphatic rings. The number of rotatable bonds is 14. The molecule has 4 rings (SSSR count). The molecule has 8 N–H and O–H groups in total. The number of anilines is 8. The number of aliphatic hydroxyl groups excluding tert-OH is 2. The van der Waals surface area contributed by atoms with E-state index in [1.165, 1.54) is 34.1 Å². The minimum absolute atomic E-state index is 0. The Bertz CT molecular complexity index is 1920. The quantitative estimate of drug-likeness (QED) is 0.0397. The first-order valence-electron chi connectivity index (χ1n) is 13.7. The van der Waals surface area contributed by atoms with Gasteiger partial charge in [-0.15, -0.1) is 0 Å². The maximum Gasteiger partial charge on any atom is 1.00 e. The predicted molar refractivity (Wildman–Crippen MR) is 173 cm³/mol. The van der Waals surface area contributed by atoms with Crippen molar-refractivity contribution in [3.05, 3.63) is 47.5 Å². The summed E-state index contributed by atoms with van der Waals surface area (Å²) < 4.78 is 73.2. The molecule has 0 aliphatic heterocycles. The van der Waals surface area contributed by atoms with Gasteiger partial charge in [-0.25, -0.2) is 16.8 Å². The molecule has 0 bridgehead atoms. The molecule has 24 heteroatoms. The maximum atomic E-state index is 12.2. The first-order chi connectivity index (χ1) is 22.6. The second kappa shape index (κ2) is 18.3. The summed E-state index contributed by atoms with van der Waals surface area (Å²) in [5.74, 6) is -0.246. The van der Waals surface area contributed by atoms with Crippen LogP contribution in [0.25, 0.3) is 12.2 Å². The molecule has 2 heterocycles. The van der Waals surface area contributed by atoms with E-state index in [9.17, 15) is 36.2 Å². The Kier molecular flexibility index (Phi) is 15.7. The molecule has 0 saturated carbocycles. The summed E-state index contributed by atoms with van der Waals surface area (Å²) >= 11 is 0. The van der Waals surface area contributed by atoms with E-state index in [0.717, 1.165) is 24.3 Å². The van der Waals surface area contributed by atoms with E-state index in [1.54, 1.807) is 14.1 Å². The van der Waals surface area contributed by atoms with Crippen LogP contribution >= 0.6 is 0 Å². The van der Waals surface area contributed by atoms with Crippen molar-refractivity contribution >= 4 is 79.5 Å². The van der Waals surface area contributed by atoms with Crippen molar-refractivity contribution < 1.29 is 95.3 Å². The Balaban J connectivity index is 0.00000433. The summed E-state index contributed by atoms with van der Waals surface area (Å²) in [5, 5.41) is 23.8. The fourth-order valence-electron chi connectivity index (χ4n) is 4.08. The molecule has 0 amide bonds. The molecule has 2 aromatic heterocycles. The van der Waals surface area contributed by atoms with Crippen molar-refractivity contribution in [1.29, 1.82) is 0 Å². The second-order valence-corrected chi connectivity index (χ2v) is 12.6. The van der Waals surface area contributed by atoms with Crippen LogP contribution in [0.2, 0.25) is 0 Å². The Morgan fingerprint density at radius 1 is 0.680 bits per heavy atom. The molecule has 2 aromatic carbocycles. The number of nitrogens with two attached hydrogens (primary N) is 2. The van der Waals surface area contributed by atoms with Crippen molar-refractivity contribution in [3.63, 3.8) is 0 Å². The molecular formula is C26H30N12Na2O8S2. The van der Waals surface area contributed by atoms with Crippen molar-refractivity contribution in [1.82, 2.24) is 29.9 Å². The van der Waals surface area contributed by atoms with Crippen LogP contribution in [0.1, 0.15) is 11.1 Å². The van der Waals surface area contributed by atoms with Crippen molar-refractivity contribution in [2.24, 2.45) is 0 Å². The van der Waals surface area contributed by atoms with Crippen molar-refractivity contribution in [3.8, 4) is 0 Å². The van der Waals surface area contributed by atoms with Gasteiger partial charge in [-0.05, 0) is 35.4 Å². The van der Waals surface area contributed by atoms with Crippen LogP contribution in [0, 0.1) is 0 Å². The Labute approximate surface area is 331 Å². The van der Waals surface area contributed by atoms with Crippen molar-refractivity contribution in [2.75, 3.05) is 72.3 Å². The van der Waals surface area contributed by atoms with E-state index in [2.05, 4.69) is 40.5 Å². The summed E-state index contributed by atoms with van der Waals surface area (Å²) in [6, 6.07) is 7.37. The standard InChI is InChI=1S/C26H32N12O8S2.2Na/c1-37(9-11-39)25-33-21(27)31-23(35-25)29-17-7-5-15(19(13-17)47(41,42)43)3-4-16-6-8-18(14-20(16)48(44,45)46)30-24-32-22(28)34-26(36-24)38(2)10-12-40;;/h3-8,13-14,39-40H,9-12H2,1-2H3,(H,41,42,43)(H,44,45,46)(H3,27,29,31,33,35)(H3,28,30,32,34,36);;/q;2*+1/p-2/b4-3+;;. The molecule has 4 aromatic rings. The number of nitrogens with one attached hydrogen (secondary N) is 2. The first kappa shape index (κ1) is 42.9. The topological polar surface area (TPSA) is 315 Å². The number of aromatic nitrogens is 6. The van der Waals surface area contributed by atoms with E-state index in [-0.39, 0.29) is 144 Å². The van der Waals surface area contributed by atoms with Gasteiger partial charge in [-0.1, -0.05) is 24.3 Å². The van der Waals surface area contributed by atoms with E-state index >= 15 is 0 Å². The molecular weight excluding hydrogens is 718 g/mol. The molecule has 0 unspecified atom stereocenters.